The second-order valence-corrected chi connectivity index (χ2v) is 6.02. The van der Waals surface area contributed by atoms with Crippen molar-refractivity contribution >= 4 is 21.6 Å². The predicted octanol–water partition coefficient (Wildman–Crippen LogP) is 3.34. The van der Waals surface area contributed by atoms with Gasteiger partial charge in [0.15, 0.2) is 0 Å². The second kappa shape index (κ2) is 5.35. The normalized spacial score (nSPS) is 18.2. The highest BCUT2D eigenvalue weighted by atomic mass is 79.9. The molecule has 1 unspecified atom stereocenters. The summed E-state index contributed by atoms with van der Waals surface area (Å²) < 4.78 is 1.12. The fourth-order valence-electron chi connectivity index (χ4n) is 2.73. The van der Waals surface area contributed by atoms with Crippen LogP contribution in [0.15, 0.2) is 53.0 Å². The summed E-state index contributed by atoms with van der Waals surface area (Å²) in [7, 11) is 0. The molecular weight excluding hydrogens is 300 g/mol. The molecule has 2 aromatic rings. The van der Waals surface area contributed by atoms with Crippen molar-refractivity contribution in [1.82, 2.24) is 0 Å². The van der Waals surface area contributed by atoms with Crippen molar-refractivity contribution in [2.45, 2.75) is 19.0 Å². The molecule has 0 amide bonds. The summed E-state index contributed by atoms with van der Waals surface area (Å²) in [6, 6.07) is 17.3. The smallest absolute Gasteiger partial charge is 0.0430 e. The summed E-state index contributed by atoms with van der Waals surface area (Å²) in [5, 5.41) is 0. The van der Waals surface area contributed by atoms with E-state index in [-0.39, 0.29) is 6.04 Å². The molecule has 3 rings (SSSR count). The van der Waals surface area contributed by atoms with Crippen molar-refractivity contribution < 1.29 is 0 Å². The Morgan fingerprint density at radius 1 is 1.16 bits per heavy atom. The summed E-state index contributed by atoms with van der Waals surface area (Å²) in [5.74, 6) is 0. The van der Waals surface area contributed by atoms with E-state index in [9.17, 15) is 0 Å². The van der Waals surface area contributed by atoms with Crippen LogP contribution in [0.4, 0.5) is 5.69 Å². The molecular formula is C16H17BrN2. The van der Waals surface area contributed by atoms with E-state index in [0.717, 1.165) is 24.0 Å². The standard InChI is InChI=1S/C16H17BrN2/c17-14-6-3-4-12(8-14)10-19-11-15(18)9-13-5-1-2-7-16(13)19/h1-8,15H,9-11,18H2. The molecule has 1 aliphatic rings. The molecule has 1 aliphatic heterocycles. The SMILES string of the molecule is NC1Cc2ccccc2N(Cc2cccc(Br)c2)C1. The van der Waals surface area contributed by atoms with Crippen molar-refractivity contribution in [3.63, 3.8) is 0 Å². The van der Waals surface area contributed by atoms with Gasteiger partial charge in [-0.15, -0.1) is 0 Å². The van der Waals surface area contributed by atoms with Crippen LogP contribution >= 0.6 is 15.9 Å². The van der Waals surface area contributed by atoms with Gasteiger partial charge in [0.05, 0.1) is 0 Å². The van der Waals surface area contributed by atoms with Gasteiger partial charge in [-0.1, -0.05) is 46.3 Å². The van der Waals surface area contributed by atoms with Crippen molar-refractivity contribution in [2.75, 3.05) is 11.4 Å². The first kappa shape index (κ1) is 12.7. The van der Waals surface area contributed by atoms with Gasteiger partial charge in [0.1, 0.15) is 0 Å². The van der Waals surface area contributed by atoms with Gasteiger partial charge in [-0.2, -0.15) is 0 Å². The van der Waals surface area contributed by atoms with E-state index < -0.39 is 0 Å². The maximum absolute atomic E-state index is 6.17. The maximum Gasteiger partial charge on any atom is 0.0430 e. The highest BCUT2D eigenvalue weighted by molar-refractivity contribution is 9.10. The number of para-hydroxylation sites is 1. The number of halogens is 1. The molecule has 2 aromatic carbocycles. The molecule has 0 bridgehead atoms. The third-order valence-electron chi connectivity index (χ3n) is 3.53. The zero-order valence-corrected chi connectivity index (χ0v) is 12.3. The molecule has 0 fully saturated rings. The van der Waals surface area contributed by atoms with Crippen LogP contribution in [0.5, 0.6) is 0 Å². The monoisotopic (exact) mass is 316 g/mol. The molecule has 98 valence electrons. The van der Waals surface area contributed by atoms with Crippen LogP contribution in [-0.2, 0) is 13.0 Å². The van der Waals surface area contributed by atoms with Crippen molar-refractivity contribution in [2.24, 2.45) is 5.73 Å². The minimum Gasteiger partial charge on any atom is -0.365 e. The Kier molecular flexibility index (Phi) is 3.58. The summed E-state index contributed by atoms with van der Waals surface area (Å²) in [6.07, 6.45) is 0.977. The molecule has 2 N–H and O–H groups in total. The van der Waals surface area contributed by atoms with Gasteiger partial charge >= 0.3 is 0 Å². The lowest BCUT2D eigenvalue weighted by molar-refractivity contribution is 0.599. The third kappa shape index (κ3) is 2.82. The molecule has 0 aliphatic carbocycles. The lowest BCUT2D eigenvalue weighted by Crippen LogP contribution is -2.42. The van der Waals surface area contributed by atoms with Crippen LogP contribution in [0.1, 0.15) is 11.1 Å². The van der Waals surface area contributed by atoms with Crippen LogP contribution < -0.4 is 10.6 Å². The maximum atomic E-state index is 6.17. The minimum absolute atomic E-state index is 0.224. The van der Waals surface area contributed by atoms with Crippen molar-refractivity contribution in [3.05, 3.63) is 64.1 Å². The molecule has 3 heteroatoms. The third-order valence-corrected chi connectivity index (χ3v) is 4.03. The molecule has 0 aromatic heterocycles. The number of nitrogens with zero attached hydrogens (tertiary/aromatic N) is 1. The summed E-state index contributed by atoms with van der Waals surface area (Å²) >= 11 is 3.53. The molecule has 1 heterocycles. The Balaban J connectivity index is 1.89. The topological polar surface area (TPSA) is 29.3 Å². The number of benzene rings is 2. The molecule has 1 atom stereocenters. The summed E-state index contributed by atoms with van der Waals surface area (Å²) in [5.41, 5.74) is 10.2. The molecule has 0 spiro atoms. The lowest BCUT2D eigenvalue weighted by Gasteiger charge is -2.34. The van der Waals surface area contributed by atoms with E-state index in [0.29, 0.717) is 0 Å². The highest BCUT2D eigenvalue weighted by Gasteiger charge is 2.21. The quantitative estimate of drug-likeness (QED) is 0.920. The van der Waals surface area contributed by atoms with E-state index >= 15 is 0 Å². The zero-order valence-electron chi connectivity index (χ0n) is 10.7. The average Bonchev–Trinajstić information content (AvgIpc) is 2.38. The lowest BCUT2D eigenvalue weighted by atomic mass is 9.98. The molecule has 0 saturated carbocycles. The van der Waals surface area contributed by atoms with Gasteiger partial charge in [-0.05, 0) is 35.7 Å². The molecule has 0 saturated heterocycles. The highest BCUT2D eigenvalue weighted by Crippen LogP contribution is 2.28. The molecule has 19 heavy (non-hydrogen) atoms. The van der Waals surface area contributed by atoms with Crippen LogP contribution in [0.3, 0.4) is 0 Å². The van der Waals surface area contributed by atoms with Crippen LogP contribution in [0, 0.1) is 0 Å². The number of nitrogens with two attached hydrogens (primary N) is 1. The summed E-state index contributed by atoms with van der Waals surface area (Å²) in [6.45, 7) is 1.83. The largest absolute Gasteiger partial charge is 0.365 e. The van der Waals surface area contributed by atoms with Gasteiger partial charge < -0.3 is 10.6 Å². The van der Waals surface area contributed by atoms with Crippen LogP contribution in [-0.4, -0.2) is 12.6 Å². The Morgan fingerprint density at radius 3 is 2.84 bits per heavy atom. The van der Waals surface area contributed by atoms with E-state index in [2.05, 4.69) is 69.4 Å². The van der Waals surface area contributed by atoms with Gasteiger partial charge in [0.25, 0.3) is 0 Å². The fraction of sp³-hybridized carbons (Fsp3) is 0.250. The van der Waals surface area contributed by atoms with Gasteiger partial charge in [0.2, 0.25) is 0 Å². The van der Waals surface area contributed by atoms with Crippen LogP contribution in [0.2, 0.25) is 0 Å². The Morgan fingerprint density at radius 2 is 2.00 bits per heavy atom. The minimum atomic E-state index is 0.224. The number of hydrogen-bond donors (Lipinski definition) is 1. The van der Waals surface area contributed by atoms with Gasteiger partial charge in [-0.25, -0.2) is 0 Å². The predicted molar refractivity (Wildman–Crippen MR) is 83.3 cm³/mol. The van der Waals surface area contributed by atoms with E-state index in [1.165, 1.54) is 16.8 Å². The Hall–Kier alpha value is -1.32. The second-order valence-electron chi connectivity index (χ2n) is 5.10. The Bertz CT molecular complexity index is 582. The average molecular weight is 317 g/mol. The molecule has 0 radical (unpaired) electrons. The first-order chi connectivity index (χ1) is 9.22. The van der Waals surface area contributed by atoms with Crippen molar-refractivity contribution in [3.8, 4) is 0 Å². The Labute approximate surface area is 122 Å². The molecule has 2 nitrogen and oxygen atoms in total. The van der Waals surface area contributed by atoms with E-state index in [1.54, 1.807) is 0 Å². The number of rotatable bonds is 2. The zero-order chi connectivity index (χ0) is 13.2. The first-order valence-electron chi connectivity index (χ1n) is 6.55. The first-order valence-corrected chi connectivity index (χ1v) is 7.34. The van der Waals surface area contributed by atoms with Crippen molar-refractivity contribution in [1.29, 1.82) is 0 Å². The van der Waals surface area contributed by atoms with Crippen LogP contribution in [0.25, 0.3) is 0 Å². The number of anilines is 1. The number of hydrogen-bond acceptors (Lipinski definition) is 2. The van der Waals surface area contributed by atoms with E-state index in [4.69, 9.17) is 5.73 Å². The van der Waals surface area contributed by atoms with E-state index in [1.807, 2.05) is 0 Å². The van der Waals surface area contributed by atoms with Gasteiger partial charge in [0, 0.05) is 29.3 Å². The number of fused-ring (bicyclic) bond motifs is 1. The summed E-state index contributed by atoms with van der Waals surface area (Å²) in [4.78, 5) is 2.38. The fourth-order valence-corrected chi connectivity index (χ4v) is 3.17. The van der Waals surface area contributed by atoms with Gasteiger partial charge in [-0.3, -0.25) is 0 Å².